The molecule has 0 saturated carbocycles. The highest BCUT2D eigenvalue weighted by molar-refractivity contribution is 6.09. The molecule has 2 heterocycles. The number of benzene rings is 2. The van der Waals surface area contributed by atoms with Gasteiger partial charge in [-0.1, -0.05) is 47.6 Å². The van der Waals surface area contributed by atoms with E-state index in [1.165, 1.54) is 0 Å². The molecule has 1 aliphatic rings. The molecular formula is C22H23N5O3. The first-order valence-electron chi connectivity index (χ1n) is 9.78. The third kappa shape index (κ3) is 4.55. The Bertz CT molecular complexity index is 1060. The van der Waals surface area contributed by atoms with Crippen LogP contribution in [0.25, 0.3) is 0 Å². The molecule has 3 aromatic rings. The molecule has 8 nitrogen and oxygen atoms in total. The summed E-state index contributed by atoms with van der Waals surface area (Å²) in [5, 5.41) is 8.05. The van der Waals surface area contributed by atoms with Gasteiger partial charge in [0.15, 0.2) is 5.78 Å². The van der Waals surface area contributed by atoms with Gasteiger partial charge in [-0.25, -0.2) is 0 Å². The van der Waals surface area contributed by atoms with Crippen LogP contribution in [0.3, 0.4) is 0 Å². The number of rotatable bonds is 5. The number of carbonyl (C=O) groups is 1. The topological polar surface area (TPSA) is 107 Å². The van der Waals surface area contributed by atoms with Crippen LogP contribution in [0.5, 0.6) is 0 Å². The van der Waals surface area contributed by atoms with Crippen LogP contribution in [0.2, 0.25) is 0 Å². The van der Waals surface area contributed by atoms with Crippen LogP contribution in [0, 0.1) is 6.92 Å². The number of nitrogens with zero attached hydrogens (tertiary/aromatic N) is 4. The van der Waals surface area contributed by atoms with Crippen LogP contribution in [0.1, 0.15) is 32.9 Å². The summed E-state index contributed by atoms with van der Waals surface area (Å²) in [5.41, 5.74) is 9.28. The maximum Gasteiger partial charge on any atom is 0.345 e. The Balaban J connectivity index is 1.50. The lowest BCUT2D eigenvalue weighted by Gasteiger charge is -2.27. The van der Waals surface area contributed by atoms with E-state index in [2.05, 4.69) is 15.2 Å². The van der Waals surface area contributed by atoms with Crippen LogP contribution in [-0.2, 0) is 11.2 Å². The normalized spacial score (nSPS) is 14.7. The number of hydrogen-bond donors (Lipinski definition) is 1. The number of aromatic nitrogens is 2. The molecule has 1 fully saturated rings. The van der Waals surface area contributed by atoms with Gasteiger partial charge in [0.25, 0.3) is 0 Å². The van der Waals surface area contributed by atoms with E-state index in [1.54, 1.807) is 0 Å². The molecule has 0 bridgehead atoms. The second-order valence-corrected chi connectivity index (χ2v) is 7.06. The molecule has 2 N–H and O–H groups in total. The van der Waals surface area contributed by atoms with Crippen LogP contribution in [-0.4, -0.2) is 53.1 Å². The molecule has 0 radical (unpaired) electrons. The third-order valence-electron chi connectivity index (χ3n) is 4.99. The Labute approximate surface area is 174 Å². The number of ketones is 1. The molecule has 2 aromatic carbocycles. The van der Waals surface area contributed by atoms with E-state index in [4.69, 9.17) is 14.9 Å². The van der Waals surface area contributed by atoms with E-state index in [0.717, 1.165) is 11.1 Å². The summed E-state index contributed by atoms with van der Waals surface area (Å²) in [6, 6.07) is 15.0. The zero-order valence-corrected chi connectivity index (χ0v) is 16.7. The van der Waals surface area contributed by atoms with Crippen LogP contribution >= 0.6 is 0 Å². The second kappa shape index (κ2) is 8.87. The van der Waals surface area contributed by atoms with Crippen molar-refractivity contribution in [2.45, 2.75) is 13.3 Å². The predicted octanol–water partition coefficient (Wildman–Crippen LogP) is 2.48. The van der Waals surface area contributed by atoms with E-state index in [1.807, 2.05) is 60.4 Å². The van der Waals surface area contributed by atoms with Gasteiger partial charge in [0.05, 0.1) is 19.6 Å². The highest BCUT2D eigenvalue weighted by atomic mass is 16.5. The lowest BCUT2D eigenvalue weighted by molar-refractivity contribution is 0.0675. The summed E-state index contributed by atoms with van der Waals surface area (Å²) in [6.07, 6.45) is 0.404. The summed E-state index contributed by atoms with van der Waals surface area (Å²) in [5.74, 6) is 0.724. The minimum absolute atomic E-state index is 0.0223. The molecule has 1 aliphatic heterocycles. The molecule has 154 valence electrons. The van der Waals surface area contributed by atoms with Crippen molar-refractivity contribution in [3.63, 3.8) is 0 Å². The zero-order chi connectivity index (χ0) is 20.9. The lowest BCUT2D eigenvalue weighted by Crippen LogP contribution is -2.44. The van der Waals surface area contributed by atoms with Gasteiger partial charge in [-0.15, -0.1) is 5.10 Å². The Morgan fingerprint density at radius 3 is 2.63 bits per heavy atom. The monoisotopic (exact) mass is 405 g/mol. The minimum Gasteiger partial charge on any atom is -0.406 e. The Hall–Kier alpha value is -3.52. The standard InChI is InChI=1S/C22H23N5O3/c1-15-7-8-17(20(28)16-5-3-2-4-6-16)13-18(15)14-19-25-26-22(30-19)24-21(23)27-9-11-29-12-10-27/h2-8,13H,9-12,14H2,1H3,(H2,23,24,26). The maximum atomic E-state index is 12.7. The molecule has 1 saturated heterocycles. The molecule has 0 amide bonds. The largest absolute Gasteiger partial charge is 0.406 e. The maximum absolute atomic E-state index is 12.7. The first kappa shape index (κ1) is 19.8. The van der Waals surface area contributed by atoms with Gasteiger partial charge in [0, 0.05) is 24.2 Å². The Morgan fingerprint density at radius 1 is 1.10 bits per heavy atom. The number of aryl methyl sites for hydroxylation is 1. The van der Waals surface area contributed by atoms with Crippen molar-refractivity contribution in [1.29, 1.82) is 0 Å². The molecule has 30 heavy (non-hydrogen) atoms. The SMILES string of the molecule is Cc1ccc(C(=O)c2ccccc2)cc1Cc1nnc(N=C(N)N2CCOCC2)o1. The average molecular weight is 405 g/mol. The Kier molecular flexibility index (Phi) is 5.85. The van der Waals surface area contributed by atoms with Crippen molar-refractivity contribution in [2.24, 2.45) is 10.7 Å². The van der Waals surface area contributed by atoms with Gasteiger partial charge in [-0.2, -0.15) is 4.99 Å². The molecule has 4 rings (SSSR count). The number of ether oxygens (including phenoxy) is 1. The van der Waals surface area contributed by atoms with Gasteiger partial charge in [0.1, 0.15) is 0 Å². The van der Waals surface area contributed by atoms with Gasteiger partial charge < -0.3 is 19.8 Å². The summed E-state index contributed by atoms with van der Waals surface area (Å²) >= 11 is 0. The first-order valence-corrected chi connectivity index (χ1v) is 9.78. The fraction of sp³-hybridized carbons (Fsp3) is 0.273. The predicted molar refractivity (Wildman–Crippen MR) is 112 cm³/mol. The van der Waals surface area contributed by atoms with Gasteiger partial charge in [0.2, 0.25) is 11.9 Å². The van der Waals surface area contributed by atoms with E-state index in [-0.39, 0.29) is 11.8 Å². The van der Waals surface area contributed by atoms with Crippen molar-refractivity contribution in [2.75, 3.05) is 26.3 Å². The summed E-state index contributed by atoms with van der Waals surface area (Å²) in [4.78, 5) is 18.9. The minimum atomic E-state index is -0.0223. The van der Waals surface area contributed by atoms with E-state index in [0.29, 0.717) is 55.7 Å². The quantitative estimate of drug-likeness (QED) is 0.395. The van der Waals surface area contributed by atoms with Crippen molar-refractivity contribution in [3.8, 4) is 0 Å². The van der Waals surface area contributed by atoms with E-state index >= 15 is 0 Å². The number of guanidine groups is 1. The second-order valence-electron chi connectivity index (χ2n) is 7.06. The summed E-state index contributed by atoms with van der Waals surface area (Å²) < 4.78 is 11.0. The smallest absolute Gasteiger partial charge is 0.345 e. The lowest BCUT2D eigenvalue weighted by atomic mass is 9.97. The summed E-state index contributed by atoms with van der Waals surface area (Å²) in [6.45, 7) is 4.57. The zero-order valence-electron chi connectivity index (χ0n) is 16.7. The number of morpholine rings is 1. The number of aliphatic imine (C=N–C) groups is 1. The van der Waals surface area contributed by atoms with Crippen molar-refractivity contribution < 1.29 is 13.9 Å². The third-order valence-corrected chi connectivity index (χ3v) is 4.99. The van der Waals surface area contributed by atoms with Gasteiger partial charge >= 0.3 is 6.01 Å². The van der Waals surface area contributed by atoms with E-state index < -0.39 is 0 Å². The van der Waals surface area contributed by atoms with E-state index in [9.17, 15) is 4.79 Å². The highest BCUT2D eigenvalue weighted by Crippen LogP contribution is 2.20. The average Bonchev–Trinajstić information content (AvgIpc) is 3.22. The molecule has 0 atom stereocenters. The fourth-order valence-electron chi connectivity index (χ4n) is 3.24. The number of carbonyl (C=O) groups excluding carboxylic acids is 1. The van der Waals surface area contributed by atoms with Crippen LogP contribution in [0.4, 0.5) is 6.01 Å². The summed E-state index contributed by atoms with van der Waals surface area (Å²) in [7, 11) is 0. The van der Waals surface area contributed by atoms with Crippen molar-refractivity contribution in [3.05, 3.63) is 76.7 Å². The molecule has 8 heteroatoms. The number of nitrogens with two attached hydrogens (primary N) is 1. The Morgan fingerprint density at radius 2 is 1.87 bits per heavy atom. The van der Waals surface area contributed by atoms with Crippen LogP contribution in [0.15, 0.2) is 57.9 Å². The first-order chi connectivity index (χ1) is 14.6. The van der Waals surface area contributed by atoms with Gasteiger partial charge in [-0.3, -0.25) is 4.79 Å². The fourth-order valence-corrected chi connectivity index (χ4v) is 3.24. The van der Waals surface area contributed by atoms with Gasteiger partial charge in [-0.05, 0) is 24.1 Å². The van der Waals surface area contributed by atoms with Crippen molar-refractivity contribution >= 4 is 17.8 Å². The molecular weight excluding hydrogens is 382 g/mol. The molecule has 0 aliphatic carbocycles. The highest BCUT2D eigenvalue weighted by Gasteiger charge is 2.16. The molecule has 1 aromatic heterocycles. The van der Waals surface area contributed by atoms with Crippen molar-refractivity contribution in [1.82, 2.24) is 15.1 Å². The number of hydrogen-bond acceptors (Lipinski definition) is 6. The molecule has 0 spiro atoms. The van der Waals surface area contributed by atoms with Crippen LogP contribution < -0.4 is 5.73 Å². The molecule has 0 unspecified atom stereocenters.